The van der Waals surface area contributed by atoms with E-state index in [1.165, 1.54) is 33.8 Å². The van der Waals surface area contributed by atoms with Gasteiger partial charge in [-0.1, -0.05) is 63.6 Å². The highest BCUT2D eigenvalue weighted by molar-refractivity contribution is 5.97. The van der Waals surface area contributed by atoms with Crippen molar-refractivity contribution in [3.8, 4) is 11.9 Å². The summed E-state index contributed by atoms with van der Waals surface area (Å²) in [6.07, 6.45) is 6.39. The summed E-state index contributed by atoms with van der Waals surface area (Å²) in [6.45, 7) is 16.2. The second-order valence-corrected chi connectivity index (χ2v) is 11.3. The van der Waals surface area contributed by atoms with E-state index < -0.39 is 0 Å². The number of piperazine rings is 1. The fourth-order valence-electron chi connectivity index (χ4n) is 6.38. The third kappa shape index (κ3) is 5.85. The van der Waals surface area contributed by atoms with Crippen molar-refractivity contribution in [1.82, 2.24) is 10.0 Å². The van der Waals surface area contributed by atoms with Gasteiger partial charge in [-0.2, -0.15) is 5.26 Å². The molecule has 0 spiro atoms. The predicted molar refractivity (Wildman–Crippen MR) is 166 cm³/mol. The summed E-state index contributed by atoms with van der Waals surface area (Å²) in [5.41, 5.74) is 6.26. The maximum absolute atomic E-state index is 10.5. The zero-order valence-corrected chi connectivity index (χ0v) is 25.0. The average Bonchev–Trinajstić information content (AvgIpc) is 2.99. The number of anilines is 2. The first-order valence-corrected chi connectivity index (χ1v) is 15.1. The van der Waals surface area contributed by atoms with Crippen LogP contribution in [0.15, 0.2) is 49.2 Å². The van der Waals surface area contributed by atoms with Gasteiger partial charge in [0.15, 0.2) is 0 Å². The molecule has 1 fully saturated rings. The SMILES string of the molecule is C=CON1CCN(c2c(C#N)c(O[C@@H](CC)CCCC)nc3c2CCN(c2cccc4cccc(C)c24)C3)C[C@H]1C. The number of hydrogen-bond donors (Lipinski definition) is 0. The largest absolute Gasteiger partial charge is 0.473 e. The molecule has 1 saturated heterocycles. The number of unbranched alkanes of at least 4 members (excludes halogenated alkanes) is 1. The second-order valence-electron chi connectivity index (χ2n) is 11.3. The molecule has 7 heteroatoms. The maximum Gasteiger partial charge on any atom is 0.234 e. The van der Waals surface area contributed by atoms with Crippen molar-refractivity contribution in [1.29, 1.82) is 5.26 Å². The van der Waals surface area contributed by atoms with E-state index >= 15 is 0 Å². The fourth-order valence-corrected chi connectivity index (χ4v) is 6.38. The van der Waals surface area contributed by atoms with Crippen LogP contribution in [0.3, 0.4) is 0 Å². The molecule has 2 aromatic carbocycles. The van der Waals surface area contributed by atoms with Gasteiger partial charge in [0, 0.05) is 36.3 Å². The van der Waals surface area contributed by atoms with Crippen molar-refractivity contribution in [3.05, 3.63) is 71.6 Å². The molecule has 3 aromatic rings. The molecule has 1 aromatic heterocycles. The summed E-state index contributed by atoms with van der Waals surface area (Å²) in [5, 5.41) is 15.0. The average molecular weight is 554 g/mol. The minimum Gasteiger partial charge on any atom is -0.473 e. The monoisotopic (exact) mass is 553 g/mol. The number of aromatic nitrogens is 1. The highest BCUT2D eigenvalue weighted by Crippen LogP contribution is 2.40. The summed E-state index contributed by atoms with van der Waals surface area (Å²) < 4.78 is 6.57. The van der Waals surface area contributed by atoms with Crippen molar-refractivity contribution in [3.63, 3.8) is 0 Å². The van der Waals surface area contributed by atoms with E-state index in [0.29, 0.717) is 18.0 Å². The van der Waals surface area contributed by atoms with Crippen molar-refractivity contribution >= 4 is 22.1 Å². The first kappa shape index (κ1) is 28.8. The third-order valence-corrected chi connectivity index (χ3v) is 8.54. The molecule has 0 saturated carbocycles. The van der Waals surface area contributed by atoms with Gasteiger partial charge in [-0.15, -0.1) is 5.06 Å². The van der Waals surface area contributed by atoms with Gasteiger partial charge in [0.25, 0.3) is 0 Å². The Morgan fingerprint density at radius 3 is 2.66 bits per heavy atom. The summed E-state index contributed by atoms with van der Waals surface area (Å²) >= 11 is 0. The third-order valence-electron chi connectivity index (χ3n) is 8.54. The van der Waals surface area contributed by atoms with Crippen LogP contribution >= 0.6 is 0 Å². The predicted octanol–water partition coefficient (Wildman–Crippen LogP) is 6.91. The summed E-state index contributed by atoms with van der Waals surface area (Å²) in [7, 11) is 0. The molecule has 7 nitrogen and oxygen atoms in total. The molecule has 0 aliphatic carbocycles. The van der Waals surface area contributed by atoms with E-state index in [0.717, 1.165) is 69.7 Å². The molecular formula is C34H43N5O2. The first-order valence-electron chi connectivity index (χ1n) is 15.1. The van der Waals surface area contributed by atoms with Crippen molar-refractivity contribution in [2.24, 2.45) is 0 Å². The van der Waals surface area contributed by atoms with Crippen molar-refractivity contribution < 1.29 is 9.57 Å². The Labute approximate surface area is 244 Å². The lowest BCUT2D eigenvalue weighted by Crippen LogP contribution is -2.52. The second kappa shape index (κ2) is 12.8. The number of ether oxygens (including phenoxy) is 1. The maximum atomic E-state index is 10.5. The zero-order chi connectivity index (χ0) is 28.9. The minimum atomic E-state index is 0.0395. The number of aryl methyl sites for hydroxylation is 1. The highest BCUT2D eigenvalue weighted by Gasteiger charge is 2.33. The van der Waals surface area contributed by atoms with E-state index in [4.69, 9.17) is 14.6 Å². The number of rotatable bonds is 10. The van der Waals surface area contributed by atoms with Crippen LogP contribution in [0, 0.1) is 18.3 Å². The quantitative estimate of drug-likeness (QED) is 0.253. The van der Waals surface area contributed by atoms with E-state index in [1.54, 1.807) is 0 Å². The van der Waals surface area contributed by atoms with Crippen LogP contribution in [0.4, 0.5) is 11.4 Å². The zero-order valence-electron chi connectivity index (χ0n) is 25.0. The van der Waals surface area contributed by atoms with Crippen molar-refractivity contribution in [2.75, 3.05) is 36.0 Å². The van der Waals surface area contributed by atoms with Gasteiger partial charge in [0.1, 0.15) is 24.0 Å². The van der Waals surface area contributed by atoms with Crippen molar-refractivity contribution in [2.45, 2.75) is 78.5 Å². The van der Waals surface area contributed by atoms with Crippen LogP contribution < -0.4 is 14.5 Å². The molecule has 3 heterocycles. The molecule has 0 radical (unpaired) electrons. The number of fused-ring (bicyclic) bond motifs is 2. The normalized spacial score (nSPS) is 18.1. The number of nitrogens with zero attached hydrogens (tertiary/aromatic N) is 5. The fraction of sp³-hybridized carbons (Fsp3) is 0.471. The first-order chi connectivity index (χ1) is 20.0. The Morgan fingerprint density at radius 2 is 1.95 bits per heavy atom. The smallest absolute Gasteiger partial charge is 0.234 e. The molecule has 2 aliphatic heterocycles. The van der Waals surface area contributed by atoms with Gasteiger partial charge < -0.3 is 19.4 Å². The van der Waals surface area contributed by atoms with Crippen LogP contribution in [0.25, 0.3) is 10.8 Å². The molecule has 41 heavy (non-hydrogen) atoms. The molecule has 0 bridgehead atoms. The number of benzene rings is 2. The van der Waals surface area contributed by atoms with Gasteiger partial charge in [-0.3, -0.25) is 0 Å². The van der Waals surface area contributed by atoms with E-state index in [2.05, 4.69) is 86.5 Å². The standard InChI is InChI=1S/C34H43N5O2/c1-6-9-15-27(7-2)41-34-29(21-35)33(38-19-20-39(40-8-3)25(5)22-38)28-17-18-37(23-30(28)36-34)31-16-11-14-26-13-10-12-24(4)32(26)31/h8,10-14,16,25,27H,3,6-7,9,15,17-20,22-23H2,1-2,4-5H3/t25-,27+/m1/s1. The summed E-state index contributed by atoms with van der Waals surface area (Å²) in [4.78, 5) is 15.6. The van der Waals surface area contributed by atoms with Crippen LogP contribution in [0.5, 0.6) is 5.88 Å². The van der Waals surface area contributed by atoms with Gasteiger partial charge >= 0.3 is 0 Å². The Hall–Kier alpha value is -3.76. The number of pyridine rings is 1. The highest BCUT2D eigenvalue weighted by atomic mass is 16.7. The molecule has 5 rings (SSSR count). The number of hydroxylamine groups is 2. The molecular weight excluding hydrogens is 510 g/mol. The van der Waals surface area contributed by atoms with E-state index in [9.17, 15) is 5.26 Å². The topological polar surface area (TPSA) is 64.9 Å². The minimum absolute atomic E-state index is 0.0395. The molecule has 0 N–H and O–H groups in total. The number of hydrogen-bond acceptors (Lipinski definition) is 7. The summed E-state index contributed by atoms with van der Waals surface area (Å²) in [5.74, 6) is 0.484. The Kier molecular flexibility index (Phi) is 8.99. The van der Waals surface area contributed by atoms with Crippen LogP contribution in [0.2, 0.25) is 0 Å². The Bertz CT molecular complexity index is 1430. The molecule has 2 aliphatic rings. The molecule has 216 valence electrons. The summed E-state index contributed by atoms with van der Waals surface area (Å²) in [6, 6.07) is 15.7. The van der Waals surface area contributed by atoms with Crippen LogP contribution in [-0.2, 0) is 17.8 Å². The van der Waals surface area contributed by atoms with Gasteiger partial charge in [0.05, 0.1) is 30.5 Å². The molecule has 0 amide bonds. The lowest BCUT2D eigenvalue weighted by Gasteiger charge is -2.41. The van der Waals surface area contributed by atoms with E-state index in [1.807, 2.05) is 5.06 Å². The Balaban J connectivity index is 1.57. The van der Waals surface area contributed by atoms with Crippen LogP contribution in [-0.4, -0.2) is 48.4 Å². The van der Waals surface area contributed by atoms with Gasteiger partial charge in [-0.25, -0.2) is 4.98 Å². The number of nitriles is 1. The molecule has 0 unspecified atom stereocenters. The van der Waals surface area contributed by atoms with Gasteiger partial charge in [0.2, 0.25) is 5.88 Å². The Morgan fingerprint density at radius 1 is 1.15 bits per heavy atom. The molecule has 2 atom stereocenters. The lowest BCUT2D eigenvalue weighted by molar-refractivity contribution is -0.135. The van der Waals surface area contributed by atoms with Gasteiger partial charge in [-0.05, 0) is 50.1 Å². The van der Waals surface area contributed by atoms with Crippen LogP contribution in [0.1, 0.15) is 68.8 Å². The van der Waals surface area contributed by atoms with E-state index in [-0.39, 0.29) is 12.1 Å². The lowest BCUT2D eigenvalue weighted by atomic mass is 9.96.